The molecule has 1 rings (SSSR count). The van der Waals surface area contributed by atoms with Crippen LogP contribution in [0.5, 0.6) is 0 Å². The lowest BCUT2D eigenvalue weighted by Crippen LogP contribution is -2.43. The Bertz CT molecular complexity index is 549. The van der Waals surface area contributed by atoms with Gasteiger partial charge in [0.1, 0.15) is 4.21 Å². The molecular weight excluding hydrogens is 357 g/mol. The van der Waals surface area contributed by atoms with Crippen molar-refractivity contribution in [1.29, 1.82) is 0 Å². The zero-order chi connectivity index (χ0) is 15.2. The van der Waals surface area contributed by atoms with Crippen LogP contribution in [0, 0.1) is 0 Å². The standard InChI is InChI=1S/C11H18ClN3O3S2.ClH/c1-2-3-8(13)11(16)14-6-7-15-20(17,18)10-5-4-9(12)19-10;/h4-5,8,15H,2-3,6-7,13H2,1H3,(H,14,16);1H. The molecule has 0 aromatic carbocycles. The van der Waals surface area contributed by atoms with Gasteiger partial charge in [-0.05, 0) is 18.6 Å². The number of amides is 1. The molecule has 0 radical (unpaired) electrons. The number of nitrogens with one attached hydrogen (secondary N) is 2. The number of sulfonamides is 1. The minimum atomic E-state index is -3.57. The lowest BCUT2D eigenvalue weighted by atomic mass is 10.2. The topological polar surface area (TPSA) is 101 Å². The van der Waals surface area contributed by atoms with Gasteiger partial charge in [0, 0.05) is 13.1 Å². The summed E-state index contributed by atoms with van der Waals surface area (Å²) >= 11 is 6.67. The summed E-state index contributed by atoms with van der Waals surface area (Å²) in [5, 5.41) is 2.58. The maximum absolute atomic E-state index is 11.8. The predicted molar refractivity (Wildman–Crippen MR) is 87.7 cm³/mol. The van der Waals surface area contributed by atoms with Gasteiger partial charge in [0.15, 0.2) is 0 Å². The van der Waals surface area contributed by atoms with Crippen LogP contribution in [0.15, 0.2) is 16.3 Å². The van der Waals surface area contributed by atoms with Gasteiger partial charge in [-0.3, -0.25) is 4.79 Å². The number of halogens is 2. The monoisotopic (exact) mass is 375 g/mol. The number of carbonyl (C=O) groups is 1. The second-order valence-electron chi connectivity index (χ2n) is 4.14. The molecule has 21 heavy (non-hydrogen) atoms. The van der Waals surface area contributed by atoms with Gasteiger partial charge in [-0.2, -0.15) is 0 Å². The fourth-order valence-electron chi connectivity index (χ4n) is 1.46. The van der Waals surface area contributed by atoms with Gasteiger partial charge in [-0.15, -0.1) is 23.7 Å². The van der Waals surface area contributed by atoms with E-state index in [4.69, 9.17) is 17.3 Å². The van der Waals surface area contributed by atoms with E-state index in [0.29, 0.717) is 10.8 Å². The van der Waals surface area contributed by atoms with E-state index >= 15 is 0 Å². The molecule has 0 aliphatic carbocycles. The Labute approximate surface area is 139 Å². The van der Waals surface area contributed by atoms with Crippen molar-refractivity contribution >= 4 is 51.3 Å². The van der Waals surface area contributed by atoms with Crippen molar-refractivity contribution in [2.45, 2.75) is 30.0 Å². The first-order valence-electron chi connectivity index (χ1n) is 6.15. The van der Waals surface area contributed by atoms with E-state index < -0.39 is 16.1 Å². The summed E-state index contributed by atoms with van der Waals surface area (Å²) in [5.74, 6) is -0.273. The van der Waals surface area contributed by atoms with Crippen molar-refractivity contribution in [3.05, 3.63) is 16.5 Å². The highest BCUT2D eigenvalue weighted by atomic mass is 35.5. The summed E-state index contributed by atoms with van der Waals surface area (Å²) < 4.78 is 26.6. The zero-order valence-corrected chi connectivity index (χ0v) is 14.7. The van der Waals surface area contributed by atoms with Crippen LogP contribution >= 0.6 is 35.3 Å². The normalized spacial score (nSPS) is 12.5. The summed E-state index contributed by atoms with van der Waals surface area (Å²) in [4.78, 5) is 11.5. The van der Waals surface area contributed by atoms with E-state index in [2.05, 4.69) is 10.0 Å². The van der Waals surface area contributed by atoms with Crippen molar-refractivity contribution < 1.29 is 13.2 Å². The minimum absolute atomic E-state index is 0. The summed E-state index contributed by atoms with van der Waals surface area (Å²) in [5.41, 5.74) is 5.63. The molecule has 0 saturated heterocycles. The van der Waals surface area contributed by atoms with Crippen LogP contribution in [-0.4, -0.2) is 33.5 Å². The molecule has 1 amide bonds. The minimum Gasteiger partial charge on any atom is -0.353 e. The average Bonchev–Trinajstić information content (AvgIpc) is 2.82. The van der Waals surface area contributed by atoms with Crippen molar-refractivity contribution in [3.63, 3.8) is 0 Å². The second kappa shape index (κ2) is 9.60. The Morgan fingerprint density at radius 2 is 2.10 bits per heavy atom. The van der Waals surface area contributed by atoms with E-state index in [-0.39, 0.29) is 35.6 Å². The van der Waals surface area contributed by atoms with Crippen LogP contribution in [0.25, 0.3) is 0 Å². The summed E-state index contributed by atoms with van der Waals surface area (Å²) in [7, 11) is -3.57. The largest absolute Gasteiger partial charge is 0.353 e. The van der Waals surface area contributed by atoms with Gasteiger partial charge >= 0.3 is 0 Å². The van der Waals surface area contributed by atoms with E-state index in [1.54, 1.807) is 0 Å². The lowest BCUT2D eigenvalue weighted by molar-refractivity contribution is -0.122. The van der Waals surface area contributed by atoms with Crippen molar-refractivity contribution in [1.82, 2.24) is 10.0 Å². The molecular formula is C11H19Cl2N3O3S2. The molecule has 0 fully saturated rings. The highest BCUT2D eigenvalue weighted by molar-refractivity contribution is 7.91. The first-order valence-corrected chi connectivity index (χ1v) is 8.83. The van der Waals surface area contributed by atoms with Crippen LogP contribution in [0.2, 0.25) is 4.34 Å². The van der Waals surface area contributed by atoms with E-state index in [1.165, 1.54) is 12.1 Å². The van der Waals surface area contributed by atoms with E-state index in [1.807, 2.05) is 6.92 Å². The Kier molecular flexibility index (Phi) is 9.43. The molecule has 10 heteroatoms. The molecule has 1 unspecified atom stereocenters. The third-order valence-corrected chi connectivity index (χ3v) is 5.65. The number of thiophene rings is 1. The van der Waals surface area contributed by atoms with Gasteiger partial charge in [0.25, 0.3) is 0 Å². The molecule has 0 spiro atoms. The summed E-state index contributed by atoms with van der Waals surface area (Å²) in [6, 6.07) is 2.41. The third-order valence-electron chi connectivity index (χ3n) is 2.47. The molecule has 1 atom stereocenters. The molecule has 1 heterocycles. The van der Waals surface area contributed by atoms with Crippen LogP contribution in [-0.2, 0) is 14.8 Å². The van der Waals surface area contributed by atoms with Crippen LogP contribution in [0.3, 0.4) is 0 Å². The Hall–Kier alpha value is -0.380. The number of rotatable bonds is 8. The number of nitrogens with two attached hydrogens (primary N) is 1. The summed E-state index contributed by atoms with van der Waals surface area (Å²) in [6.07, 6.45) is 1.42. The van der Waals surface area contributed by atoms with Gasteiger partial charge in [-0.1, -0.05) is 24.9 Å². The molecule has 0 saturated carbocycles. The third kappa shape index (κ3) is 6.94. The van der Waals surface area contributed by atoms with Crippen molar-refractivity contribution in [3.8, 4) is 0 Å². The maximum Gasteiger partial charge on any atom is 0.250 e. The molecule has 122 valence electrons. The average molecular weight is 376 g/mol. The van der Waals surface area contributed by atoms with Gasteiger partial charge < -0.3 is 11.1 Å². The fraction of sp³-hybridized carbons (Fsp3) is 0.545. The van der Waals surface area contributed by atoms with Crippen LogP contribution in [0.4, 0.5) is 0 Å². The van der Waals surface area contributed by atoms with E-state index in [0.717, 1.165) is 17.8 Å². The van der Waals surface area contributed by atoms with Gasteiger partial charge in [0.05, 0.1) is 10.4 Å². The molecule has 1 aromatic rings. The molecule has 1 aromatic heterocycles. The van der Waals surface area contributed by atoms with Crippen molar-refractivity contribution in [2.24, 2.45) is 5.73 Å². The molecule has 0 aliphatic heterocycles. The fourth-order valence-corrected chi connectivity index (χ4v) is 4.02. The number of carbonyl (C=O) groups excluding carboxylic acids is 1. The highest BCUT2D eigenvalue weighted by Gasteiger charge is 2.16. The van der Waals surface area contributed by atoms with Crippen LogP contribution in [0.1, 0.15) is 19.8 Å². The van der Waals surface area contributed by atoms with Gasteiger partial charge in [-0.25, -0.2) is 13.1 Å². The first-order chi connectivity index (χ1) is 9.36. The molecule has 4 N–H and O–H groups in total. The highest BCUT2D eigenvalue weighted by Crippen LogP contribution is 2.24. The van der Waals surface area contributed by atoms with Crippen LogP contribution < -0.4 is 15.8 Å². The molecule has 0 aliphatic rings. The Morgan fingerprint density at radius 3 is 2.62 bits per heavy atom. The predicted octanol–water partition coefficient (Wildman–Crippen LogP) is 1.35. The summed E-state index contributed by atoms with van der Waals surface area (Å²) in [6.45, 7) is 2.23. The second-order valence-corrected chi connectivity index (χ2v) is 7.85. The first kappa shape index (κ1) is 20.6. The SMILES string of the molecule is CCCC(N)C(=O)NCCNS(=O)(=O)c1ccc(Cl)s1.Cl. The smallest absolute Gasteiger partial charge is 0.250 e. The molecule has 6 nitrogen and oxygen atoms in total. The quantitative estimate of drug-likeness (QED) is 0.596. The Morgan fingerprint density at radius 1 is 1.43 bits per heavy atom. The van der Waals surface area contributed by atoms with Gasteiger partial charge in [0.2, 0.25) is 15.9 Å². The number of hydrogen-bond donors (Lipinski definition) is 3. The zero-order valence-electron chi connectivity index (χ0n) is 11.5. The number of hydrogen-bond acceptors (Lipinski definition) is 5. The maximum atomic E-state index is 11.8. The van der Waals surface area contributed by atoms with Crippen molar-refractivity contribution in [2.75, 3.05) is 13.1 Å². The van der Waals surface area contributed by atoms with E-state index in [9.17, 15) is 13.2 Å². The lowest BCUT2D eigenvalue weighted by Gasteiger charge is -2.11. The Balaban J connectivity index is 0.00000400. The molecule has 0 bridgehead atoms.